The minimum Gasteiger partial charge on any atom is -0.244 e. The highest BCUT2D eigenvalue weighted by molar-refractivity contribution is 5.76. The molecule has 1 heteroatoms. The van der Waals surface area contributed by atoms with Gasteiger partial charge in [-0.15, -0.1) is 0 Å². The molecule has 2 aromatic rings. The van der Waals surface area contributed by atoms with E-state index in [2.05, 4.69) is 17.1 Å². The van der Waals surface area contributed by atoms with Gasteiger partial charge in [0.2, 0.25) is 0 Å². The Bertz CT molecular complexity index is 379. The first-order valence-electron chi connectivity index (χ1n) is 3.52. The first-order valence-corrected chi connectivity index (χ1v) is 3.52. The summed E-state index contributed by atoms with van der Waals surface area (Å²) in [5.74, 6) is 0. The Labute approximate surface area is 65.7 Å². The molecule has 0 radical (unpaired) electrons. The summed E-state index contributed by atoms with van der Waals surface area (Å²) < 4.78 is 0. The first-order chi connectivity index (χ1) is 5.36. The summed E-state index contributed by atoms with van der Waals surface area (Å²) in [5, 5.41) is 1.12. The number of hydrogen-bond acceptors (Lipinski definition) is 1. The molecule has 0 bridgehead atoms. The summed E-state index contributed by atoms with van der Waals surface area (Å²) in [5.41, 5.74) is 1.92. The Hall–Kier alpha value is -1.55. The fraction of sp³-hybridized carbons (Fsp3) is 0.100. The van der Waals surface area contributed by atoms with E-state index in [1.807, 2.05) is 31.2 Å². The quantitative estimate of drug-likeness (QED) is 0.547. The zero-order valence-electron chi connectivity index (χ0n) is 6.26. The van der Waals surface area contributed by atoms with Crippen molar-refractivity contribution >= 4 is 10.9 Å². The molecule has 0 aliphatic heterocycles. The zero-order valence-corrected chi connectivity index (χ0v) is 6.26. The minimum atomic E-state index is 0.896. The molecule has 0 aliphatic carbocycles. The Morgan fingerprint density at radius 2 is 2.18 bits per heavy atom. The van der Waals surface area contributed by atoms with Crippen LogP contribution in [0.1, 0.15) is 5.69 Å². The van der Waals surface area contributed by atoms with Crippen molar-refractivity contribution in [2.24, 2.45) is 0 Å². The summed E-state index contributed by atoms with van der Waals surface area (Å²) in [6, 6.07) is 13.7. The molecule has 0 unspecified atom stereocenters. The van der Waals surface area contributed by atoms with Crippen LogP contribution in [0.2, 0.25) is 0 Å². The Kier molecular flexibility index (Phi) is 1.26. The van der Waals surface area contributed by atoms with Gasteiger partial charge in [-0.25, -0.2) is 4.98 Å². The molecule has 52 valence electrons. The number of aryl methyl sites for hydroxylation is 1. The van der Waals surface area contributed by atoms with Crippen molar-refractivity contribution in [1.82, 2.24) is 4.98 Å². The monoisotopic (exact) mass is 141 g/mol. The molecule has 11 heavy (non-hydrogen) atoms. The van der Waals surface area contributed by atoms with Gasteiger partial charge in [-0.05, 0) is 31.2 Å². The maximum Gasteiger partial charge on any atom is 0.121 e. The average molecular weight is 141 g/mol. The van der Waals surface area contributed by atoms with Gasteiger partial charge in [-0.3, -0.25) is 0 Å². The lowest BCUT2D eigenvalue weighted by Crippen LogP contribution is -1.79. The highest BCUT2D eigenvalue weighted by Gasteiger charge is 1.90. The maximum absolute atomic E-state index is 4.29. The molecule has 0 fully saturated rings. The van der Waals surface area contributed by atoms with Gasteiger partial charge in [0.05, 0.1) is 0 Å². The van der Waals surface area contributed by atoms with E-state index < -0.39 is 0 Å². The zero-order chi connectivity index (χ0) is 7.68. The number of rotatable bonds is 0. The van der Waals surface area contributed by atoms with Crippen LogP contribution in [0.25, 0.3) is 10.9 Å². The van der Waals surface area contributed by atoms with Gasteiger partial charge in [-0.1, -0.05) is 12.1 Å². The second kappa shape index (κ2) is 2.25. The third kappa shape index (κ3) is 1.03. The molecule has 0 spiro atoms. The lowest BCUT2D eigenvalue weighted by Gasteiger charge is -1.92. The molecule has 1 heterocycles. The molecule has 0 saturated carbocycles. The van der Waals surface area contributed by atoms with E-state index in [4.69, 9.17) is 0 Å². The molecule has 0 saturated heterocycles. The van der Waals surface area contributed by atoms with Crippen molar-refractivity contribution < 1.29 is 0 Å². The van der Waals surface area contributed by atoms with Crippen LogP contribution >= 0.6 is 0 Å². The van der Waals surface area contributed by atoms with Crippen molar-refractivity contribution in [2.75, 3.05) is 0 Å². The van der Waals surface area contributed by atoms with E-state index in [9.17, 15) is 0 Å². The van der Waals surface area contributed by atoms with Crippen LogP contribution in [0.3, 0.4) is 0 Å². The van der Waals surface area contributed by atoms with Gasteiger partial charge in [-0.2, -0.15) is 0 Å². The topological polar surface area (TPSA) is 12.9 Å². The van der Waals surface area contributed by atoms with E-state index in [1.54, 1.807) is 0 Å². The predicted molar refractivity (Wildman–Crippen MR) is 44.2 cm³/mol. The van der Waals surface area contributed by atoms with Crippen molar-refractivity contribution in [3.8, 4) is 0 Å². The molecule has 0 aliphatic rings. The normalized spacial score (nSPS) is 9.55. The van der Waals surface area contributed by atoms with E-state index in [0.717, 1.165) is 16.6 Å². The molecule has 1 nitrogen and oxygen atoms in total. The highest BCUT2D eigenvalue weighted by Crippen LogP contribution is 2.07. The molecular weight excluding hydrogens is 134 g/mol. The molecular formula is C10H7N. The lowest BCUT2D eigenvalue weighted by atomic mass is 10.2. The lowest BCUT2D eigenvalue weighted by molar-refractivity contribution is 1.26. The summed E-state index contributed by atoms with van der Waals surface area (Å²) in [6.45, 7) is 1.97. The molecule has 0 atom stereocenters. The van der Waals surface area contributed by atoms with Crippen molar-refractivity contribution in [1.29, 1.82) is 0 Å². The SMILES string of the molecule is Cc1ccc2ccc#cc2n1. The first kappa shape index (κ1) is 6.18. The fourth-order valence-electron chi connectivity index (χ4n) is 1.04. The van der Waals surface area contributed by atoms with Crippen LogP contribution in [0.15, 0.2) is 24.3 Å². The van der Waals surface area contributed by atoms with Crippen molar-refractivity contribution in [3.63, 3.8) is 0 Å². The van der Waals surface area contributed by atoms with Crippen LogP contribution in [-0.2, 0) is 0 Å². The summed E-state index contributed by atoms with van der Waals surface area (Å²) in [4.78, 5) is 4.29. The van der Waals surface area contributed by atoms with Gasteiger partial charge in [0.15, 0.2) is 0 Å². The van der Waals surface area contributed by atoms with Crippen molar-refractivity contribution in [2.45, 2.75) is 6.92 Å². The smallest absolute Gasteiger partial charge is 0.121 e. The van der Waals surface area contributed by atoms with E-state index in [1.165, 1.54) is 0 Å². The maximum atomic E-state index is 4.29. The molecule has 1 aromatic carbocycles. The van der Waals surface area contributed by atoms with Crippen LogP contribution < -0.4 is 0 Å². The number of pyridine rings is 1. The fourth-order valence-corrected chi connectivity index (χ4v) is 1.04. The molecule has 1 aromatic heterocycles. The van der Waals surface area contributed by atoms with Gasteiger partial charge >= 0.3 is 0 Å². The van der Waals surface area contributed by atoms with Crippen LogP contribution in [0.5, 0.6) is 0 Å². The number of fused-ring (bicyclic) bond motifs is 1. The summed E-state index contributed by atoms with van der Waals surface area (Å²) in [6.07, 6.45) is 0. The third-order valence-electron chi connectivity index (χ3n) is 1.60. The standard InChI is InChI=1S/C10H7N/c1-8-6-7-9-4-2-3-5-10(9)11-8/h2,4,6-7H,1H3. The third-order valence-corrected chi connectivity index (χ3v) is 1.60. The van der Waals surface area contributed by atoms with Gasteiger partial charge in [0.25, 0.3) is 0 Å². The highest BCUT2D eigenvalue weighted by atomic mass is 14.7. The Balaban J connectivity index is 2.83. The predicted octanol–water partition coefficient (Wildman–Crippen LogP) is 2.14. The Morgan fingerprint density at radius 3 is 3.09 bits per heavy atom. The van der Waals surface area contributed by atoms with Crippen LogP contribution in [0.4, 0.5) is 0 Å². The van der Waals surface area contributed by atoms with Crippen LogP contribution in [0, 0.1) is 19.1 Å². The average Bonchev–Trinajstić information content (AvgIpc) is 2.04. The second-order valence-corrected chi connectivity index (χ2v) is 2.49. The molecule has 2 rings (SSSR count). The van der Waals surface area contributed by atoms with Gasteiger partial charge in [0, 0.05) is 11.1 Å². The van der Waals surface area contributed by atoms with Gasteiger partial charge in [0.1, 0.15) is 5.52 Å². The largest absolute Gasteiger partial charge is 0.244 e. The second-order valence-electron chi connectivity index (χ2n) is 2.49. The van der Waals surface area contributed by atoms with Crippen molar-refractivity contribution in [3.05, 3.63) is 42.1 Å². The van der Waals surface area contributed by atoms with Gasteiger partial charge < -0.3 is 0 Å². The Morgan fingerprint density at radius 1 is 1.27 bits per heavy atom. The number of aromatic nitrogens is 1. The minimum absolute atomic E-state index is 0.896. The number of nitrogens with zero attached hydrogens (tertiary/aromatic N) is 1. The molecule has 0 amide bonds. The summed E-state index contributed by atoms with van der Waals surface area (Å²) >= 11 is 0. The van der Waals surface area contributed by atoms with E-state index >= 15 is 0 Å². The summed E-state index contributed by atoms with van der Waals surface area (Å²) in [7, 11) is 0. The van der Waals surface area contributed by atoms with E-state index in [-0.39, 0.29) is 0 Å². The van der Waals surface area contributed by atoms with E-state index in [0.29, 0.717) is 0 Å². The molecule has 0 N–H and O–H groups in total. The van der Waals surface area contributed by atoms with Crippen LogP contribution in [-0.4, -0.2) is 4.98 Å². The number of hydrogen-bond donors (Lipinski definition) is 0.